The molecule has 2 aliphatic rings. The van der Waals surface area contributed by atoms with Crippen LogP contribution in [-0.2, 0) is 20.4 Å². The van der Waals surface area contributed by atoms with Gasteiger partial charge >= 0.3 is 198 Å². The van der Waals surface area contributed by atoms with Gasteiger partial charge in [0.05, 0.1) is 0 Å². The molecule has 0 fully saturated rings. The first kappa shape index (κ1) is 22.9. The standard InChI is InChI=1S/C18H17.C9H13.C2H6Si.Zr/c1-2-8-16-13-15-11-6-7-12-17(15)18(16)14-9-4-3-5-10-14;1-6-5-7(2)9(4)8(6)3;1-3-2;/h3-7,9-13H,2,8H2,1H3;5H,1-4H3;1-2H3;. The second-order valence-corrected chi connectivity index (χ2v) is 27.4. The topological polar surface area (TPSA) is 0 Å². The van der Waals surface area contributed by atoms with Gasteiger partial charge in [-0.2, -0.15) is 0 Å². The molecule has 0 N–H and O–H groups in total. The Morgan fingerprint density at radius 3 is 1.94 bits per heavy atom. The summed E-state index contributed by atoms with van der Waals surface area (Å²) in [5, 5.41) is 0. The molecule has 2 aromatic carbocycles. The fraction of sp³-hybridized carbons (Fsp3) is 0.379. The average Bonchev–Trinajstić information content (AvgIpc) is 3.18. The molecule has 0 nitrogen and oxygen atoms in total. The van der Waals surface area contributed by atoms with Crippen LogP contribution in [0.25, 0.3) is 5.57 Å². The normalized spacial score (nSPS) is 18.9. The number of hydrogen-bond donors (Lipinski definition) is 0. The Morgan fingerprint density at radius 2 is 1.35 bits per heavy atom. The van der Waals surface area contributed by atoms with Crippen LogP contribution in [0.1, 0.15) is 67.8 Å². The molecular formula is C29H36SiZr. The number of fused-ring (bicyclic) bond motifs is 1. The SMILES string of the molecule is CCCC1=C(c2ccccc2)c2ccccc2[CH]1[Zr]([CH]1C(C)=C(C)C(C)=C1C)=[Si](C)C. The number of allylic oxidation sites excluding steroid dienone is 5. The first-order valence-corrected chi connectivity index (χ1v) is 20.8. The third-order valence-corrected chi connectivity index (χ3v) is 27.5. The number of hydrogen-bond acceptors (Lipinski definition) is 0. The Morgan fingerprint density at radius 1 is 0.774 bits per heavy atom. The van der Waals surface area contributed by atoms with Crippen LogP contribution < -0.4 is 0 Å². The van der Waals surface area contributed by atoms with Crippen LogP contribution in [-0.4, -0.2) is 5.43 Å². The second-order valence-electron chi connectivity index (χ2n) is 9.54. The molecule has 0 bridgehead atoms. The Labute approximate surface area is 197 Å². The molecule has 0 aromatic heterocycles. The van der Waals surface area contributed by atoms with Gasteiger partial charge in [-0.05, 0) is 0 Å². The zero-order chi connectivity index (χ0) is 22.3. The van der Waals surface area contributed by atoms with E-state index in [4.69, 9.17) is 0 Å². The van der Waals surface area contributed by atoms with Crippen molar-refractivity contribution < 1.29 is 20.4 Å². The van der Waals surface area contributed by atoms with Crippen LogP contribution in [0.15, 0.2) is 82.5 Å². The molecular weight excluding hydrogens is 468 g/mol. The van der Waals surface area contributed by atoms with Gasteiger partial charge in [0.15, 0.2) is 0 Å². The van der Waals surface area contributed by atoms with Gasteiger partial charge in [0.1, 0.15) is 0 Å². The Balaban J connectivity index is 2.00. The van der Waals surface area contributed by atoms with Gasteiger partial charge in [0.2, 0.25) is 0 Å². The van der Waals surface area contributed by atoms with Crippen LogP contribution >= 0.6 is 0 Å². The summed E-state index contributed by atoms with van der Waals surface area (Å²) in [5.41, 5.74) is 14.2. The fourth-order valence-corrected chi connectivity index (χ4v) is 27.3. The minimum atomic E-state index is -1.93. The molecule has 0 heterocycles. The number of benzene rings is 2. The Hall–Kier alpha value is -1.24. The maximum absolute atomic E-state index is 2.63. The third-order valence-electron chi connectivity index (χ3n) is 7.60. The Kier molecular flexibility index (Phi) is 6.90. The molecule has 2 heteroatoms. The van der Waals surface area contributed by atoms with E-state index in [1.54, 1.807) is 39.0 Å². The summed E-state index contributed by atoms with van der Waals surface area (Å²) in [6.45, 7) is 17.3. The molecule has 160 valence electrons. The van der Waals surface area contributed by atoms with Gasteiger partial charge in [0, 0.05) is 0 Å². The van der Waals surface area contributed by atoms with E-state index < -0.39 is 20.4 Å². The van der Waals surface area contributed by atoms with Crippen molar-refractivity contribution in [2.75, 3.05) is 0 Å². The molecule has 0 saturated heterocycles. The van der Waals surface area contributed by atoms with Crippen molar-refractivity contribution in [1.82, 2.24) is 0 Å². The minimum absolute atomic E-state index is 0.353. The summed E-state index contributed by atoms with van der Waals surface area (Å²) in [6, 6.07) is 20.6. The molecule has 0 radical (unpaired) electrons. The van der Waals surface area contributed by atoms with Gasteiger partial charge < -0.3 is 0 Å². The van der Waals surface area contributed by atoms with Gasteiger partial charge in [-0.25, -0.2) is 0 Å². The zero-order valence-electron chi connectivity index (χ0n) is 20.3. The van der Waals surface area contributed by atoms with Crippen LogP contribution in [0.2, 0.25) is 16.7 Å². The molecule has 4 rings (SSSR count). The molecule has 0 saturated carbocycles. The summed E-state index contributed by atoms with van der Waals surface area (Å²) in [7, 11) is 0. The first-order chi connectivity index (χ1) is 14.9. The molecule has 2 aromatic rings. The summed E-state index contributed by atoms with van der Waals surface area (Å²) >= 11 is -1.93. The van der Waals surface area contributed by atoms with Crippen molar-refractivity contribution in [3.05, 3.63) is 99.2 Å². The van der Waals surface area contributed by atoms with E-state index in [0.717, 1.165) is 7.25 Å². The van der Waals surface area contributed by atoms with Crippen molar-refractivity contribution >= 4 is 11.0 Å². The summed E-state index contributed by atoms with van der Waals surface area (Å²) in [4.78, 5) is 0. The van der Waals surface area contributed by atoms with E-state index in [1.807, 2.05) is 0 Å². The van der Waals surface area contributed by atoms with Crippen LogP contribution in [0, 0.1) is 0 Å². The van der Waals surface area contributed by atoms with Crippen molar-refractivity contribution in [1.29, 1.82) is 0 Å². The molecule has 0 aliphatic heterocycles. The third kappa shape index (κ3) is 3.89. The van der Waals surface area contributed by atoms with Crippen LogP contribution in [0.3, 0.4) is 0 Å². The fourth-order valence-electron chi connectivity index (χ4n) is 5.88. The van der Waals surface area contributed by atoms with Crippen molar-refractivity contribution in [3.8, 4) is 0 Å². The van der Waals surface area contributed by atoms with Gasteiger partial charge in [0.25, 0.3) is 0 Å². The molecule has 31 heavy (non-hydrogen) atoms. The molecule has 1 unspecified atom stereocenters. The van der Waals surface area contributed by atoms with E-state index in [-0.39, 0.29) is 5.43 Å². The van der Waals surface area contributed by atoms with E-state index in [2.05, 4.69) is 102 Å². The van der Waals surface area contributed by atoms with Crippen molar-refractivity contribution in [2.24, 2.45) is 0 Å². The quantitative estimate of drug-likeness (QED) is 0.358. The number of rotatable bonds is 5. The van der Waals surface area contributed by atoms with E-state index >= 15 is 0 Å². The molecule has 0 spiro atoms. The predicted octanol–water partition coefficient (Wildman–Crippen LogP) is 8.69. The van der Waals surface area contributed by atoms with Gasteiger partial charge in [-0.3, -0.25) is 0 Å². The van der Waals surface area contributed by atoms with Crippen LogP contribution in [0.4, 0.5) is 0 Å². The van der Waals surface area contributed by atoms with E-state index in [0.29, 0.717) is 0 Å². The maximum atomic E-state index is 2.63. The molecule has 1 atom stereocenters. The average molecular weight is 504 g/mol. The predicted molar refractivity (Wildman–Crippen MR) is 135 cm³/mol. The Bertz CT molecular complexity index is 1120. The zero-order valence-corrected chi connectivity index (χ0v) is 23.7. The second kappa shape index (κ2) is 9.32. The summed E-state index contributed by atoms with van der Waals surface area (Å²) < 4.78 is 1.51. The monoisotopic (exact) mass is 502 g/mol. The summed E-state index contributed by atoms with van der Waals surface area (Å²) in [6.07, 6.45) is 2.47. The summed E-state index contributed by atoms with van der Waals surface area (Å²) in [5.74, 6) is 0. The molecule has 2 aliphatic carbocycles. The van der Waals surface area contributed by atoms with Crippen molar-refractivity contribution in [2.45, 2.75) is 67.8 Å². The van der Waals surface area contributed by atoms with E-state index in [9.17, 15) is 0 Å². The van der Waals surface area contributed by atoms with Crippen LogP contribution in [0.5, 0.6) is 0 Å². The van der Waals surface area contributed by atoms with Gasteiger partial charge in [-0.1, -0.05) is 0 Å². The van der Waals surface area contributed by atoms with E-state index in [1.165, 1.54) is 24.0 Å². The molecule has 0 amide bonds. The first-order valence-electron chi connectivity index (χ1n) is 11.8. The van der Waals surface area contributed by atoms with Crippen molar-refractivity contribution in [3.63, 3.8) is 0 Å². The van der Waals surface area contributed by atoms with Gasteiger partial charge in [-0.15, -0.1) is 0 Å².